The number of hydrogen-bond acceptors (Lipinski definition) is 5. The Bertz CT molecular complexity index is 766. The van der Waals surface area contributed by atoms with Gasteiger partial charge in [-0.05, 0) is 30.9 Å². The van der Waals surface area contributed by atoms with Gasteiger partial charge in [0.25, 0.3) is 5.91 Å². The van der Waals surface area contributed by atoms with E-state index in [1.807, 2.05) is 24.4 Å². The Labute approximate surface area is 148 Å². The molecule has 2 aromatic heterocycles. The number of aryl methyl sites for hydroxylation is 1. The Balaban J connectivity index is 2.10. The number of hydrogen-bond donors (Lipinski definition) is 2. The van der Waals surface area contributed by atoms with E-state index in [0.717, 1.165) is 15.3 Å². The van der Waals surface area contributed by atoms with E-state index < -0.39 is 5.91 Å². The molecule has 0 aliphatic carbocycles. The highest BCUT2D eigenvalue weighted by Crippen LogP contribution is 2.32. The van der Waals surface area contributed by atoms with Crippen molar-refractivity contribution >= 4 is 45.4 Å². The van der Waals surface area contributed by atoms with Gasteiger partial charge in [-0.3, -0.25) is 14.4 Å². The lowest BCUT2D eigenvalue weighted by molar-refractivity contribution is -0.133. The summed E-state index contributed by atoms with van der Waals surface area (Å²) in [6, 6.07) is 3.81. The third-order valence-electron chi connectivity index (χ3n) is 3.59. The third kappa shape index (κ3) is 4.21. The molecule has 0 aliphatic heterocycles. The Hall–Kier alpha value is -2.19. The standard InChI is InChI=1S/C16H19N3O3S2/c1-9-10(2)24-16(14(9)15(17)22)18-13(21)8-19(11(3)20)7-12-5-4-6-23-12/h4-6H,7-8H2,1-3H3,(H2,17,22)(H,18,21). The van der Waals surface area contributed by atoms with E-state index in [4.69, 9.17) is 5.73 Å². The van der Waals surface area contributed by atoms with E-state index in [-0.39, 0.29) is 18.4 Å². The first kappa shape index (κ1) is 18.2. The highest BCUT2D eigenvalue weighted by Gasteiger charge is 2.21. The van der Waals surface area contributed by atoms with Crippen molar-refractivity contribution in [1.82, 2.24) is 4.90 Å². The molecule has 128 valence electrons. The van der Waals surface area contributed by atoms with Gasteiger partial charge in [0.05, 0.1) is 12.1 Å². The first-order chi connectivity index (χ1) is 11.3. The fourth-order valence-electron chi connectivity index (χ4n) is 2.22. The molecule has 0 unspecified atom stereocenters. The maximum atomic E-state index is 12.3. The van der Waals surface area contributed by atoms with E-state index >= 15 is 0 Å². The number of carbonyl (C=O) groups excluding carboxylic acids is 3. The molecule has 0 fully saturated rings. The molecule has 0 saturated heterocycles. The predicted molar refractivity (Wildman–Crippen MR) is 96.4 cm³/mol. The molecule has 2 rings (SSSR count). The van der Waals surface area contributed by atoms with E-state index in [1.165, 1.54) is 34.5 Å². The zero-order valence-electron chi connectivity index (χ0n) is 13.7. The number of nitrogens with two attached hydrogens (primary N) is 1. The second kappa shape index (κ2) is 7.59. The molecule has 0 spiro atoms. The Morgan fingerprint density at radius 1 is 1.29 bits per heavy atom. The van der Waals surface area contributed by atoms with Crippen molar-refractivity contribution in [2.45, 2.75) is 27.3 Å². The Morgan fingerprint density at radius 3 is 2.54 bits per heavy atom. The van der Waals surface area contributed by atoms with Gasteiger partial charge in [-0.1, -0.05) is 6.07 Å². The molecule has 3 amide bonds. The quantitative estimate of drug-likeness (QED) is 0.824. The largest absolute Gasteiger partial charge is 0.365 e. The average molecular weight is 365 g/mol. The minimum Gasteiger partial charge on any atom is -0.365 e. The summed E-state index contributed by atoms with van der Waals surface area (Å²) in [5.41, 5.74) is 6.50. The van der Waals surface area contributed by atoms with Crippen LogP contribution in [0.25, 0.3) is 0 Å². The first-order valence-electron chi connectivity index (χ1n) is 7.27. The van der Waals surface area contributed by atoms with Gasteiger partial charge >= 0.3 is 0 Å². The maximum Gasteiger partial charge on any atom is 0.251 e. The lowest BCUT2D eigenvalue weighted by Crippen LogP contribution is -2.36. The van der Waals surface area contributed by atoms with Crippen molar-refractivity contribution in [2.75, 3.05) is 11.9 Å². The van der Waals surface area contributed by atoms with Crippen molar-refractivity contribution in [3.63, 3.8) is 0 Å². The summed E-state index contributed by atoms with van der Waals surface area (Å²) in [5.74, 6) is -1.12. The first-order valence-corrected chi connectivity index (χ1v) is 8.96. The van der Waals surface area contributed by atoms with Crippen LogP contribution in [0, 0.1) is 13.8 Å². The van der Waals surface area contributed by atoms with E-state index in [2.05, 4.69) is 5.32 Å². The molecular formula is C16H19N3O3S2. The number of anilines is 1. The highest BCUT2D eigenvalue weighted by atomic mass is 32.1. The normalized spacial score (nSPS) is 10.5. The van der Waals surface area contributed by atoms with E-state index in [0.29, 0.717) is 17.1 Å². The number of primary amides is 1. The highest BCUT2D eigenvalue weighted by molar-refractivity contribution is 7.16. The molecule has 0 atom stereocenters. The summed E-state index contributed by atoms with van der Waals surface area (Å²) in [5, 5.41) is 5.06. The number of rotatable bonds is 6. The molecule has 3 N–H and O–H groups in total. The lowest BCUT2D eigenvalue weighted by atomic mass is 10.1. The van der Waals surface area contributed by atoms with Crippen LogP contribution < -0.4 is 11.1 Å². The van der Waals surface area contributed by atoms with E-state index in [1.54, 1.807) is 6.92 Å². The van der Waals surface area contributed by atoms with Crippen LogP contribution in [0.3, 0.4) is 0 Å². The summed E-state index contributed by atoms with van der Waals surface area (Å²) in [6.45, 7) is 5.38. The predicted octanol–water partition coefficient (Wildman–Crippen LogP) is 2.51. The molecule has 24 heavy (non-hydrogen) atoms. The minimum atomic E-state index is -0.575. The summed E-state index contributed by atoms with van der Waals surface area (Å²) in [4.78, 5) is 39.0. The molecule has 0 aliphatic rings. The van der Waals surface area contributed by atoms with Gasteiger partial charge in [0.15, 0.2) is 0 Å². The van der Waals surface area contributed by atoms with Gasteiger partial charge in [-0.25, -0.2) is 0 Å². The van der Waals surface area contributed by atoms with Crippen LogP contribution in [0.15, 0.2) is 17.5 Å². The molecule has 6 nitrogen and oxygen atoms in total. The monoisotopic (exact) mass is 365 g/mol. The number of thiophene rings is 2. The minimum absolute atomic E-state index is 0.0819. The Morgan fingerprint density at radius 2 is 2.00 bits per heavy atom. The second-order valence-electron chi connectivity index (χ2n) is 5.35. The van der Waals surface area contributed by atoms with Crippen molar-refractivity contribution in [2.24, 2.45) is 5.73 Å². The van der Waals surface area contributed by atoms with Crippen molar-refractivity contribution < 1.29 is 14.4 Å². The van der Waals surface area contributed by atoms with Gasteiger partial charge in [-0.15, -0.1) is 22.7 Å². The number of nitrogens with one attached hydrogen (secondary N) is 1. The van der Waals surface area contributed by atoms with Crippen LogP contribution in [-0.2, 0) is 16.1 Å². The Kier molecular flexibility index (Phi) is 5.74. The smallest absolute Gasteiger partial charge is 0.251 e. The molecule has 2 heterocycles. The summed E-state index contributed by atoms with van der Waals surface area (Å²) < 4.78 is 0. The van der Waals surface area contributed by atoms with Crippen LogP contribution in [0.2, 0.25) is 0 Å². The van der Waals surface area contributed by atoms with Crippen molar-refractivity contribution in [3.8, 4) is 0 Å². The van der Waals surface area contributed by atoms with Crippen LogP contribution in [-0.4, -0.2) is 29.2 Å². The number of carbonyl (C=O) groups is 3. The number of nitrogens with zero attached hydrogens (tertiary/aromatic N) is 1. The molecule has 0 bridgehead atoms. The molecule has 2 aromatic rings. The second-order valence-corrected chi connectivity index (χ2v) is 7.61. The summed E-state index contributed by atoms with van der Waals surface area (Å²) >= 11 is 2.83. The molecule has 0 aromatic carbocycles. The van der Waals surface area contributed by atoms with Gasteiger partial charge in [0, 0.05) is 16.7 Å². The van der Waals surface area contributed by atoms with Crippen LogP contribution in [0.1, 0.15) is 32.6 Å². The van der Waals surface area contributed by atoms with Crippen LogP contribution in [0.5, 0.6) is 0 Å². The van der Waals surface area contributed by atoms with E-state index in [9.17, 15) is 14.4 Å². The molecule has 0 saturated carbocycles. The fraction of sp³-hybridized carbons (Fsp3) is 0.312. The van der Waals surface area contributed by atoms with Crippen molar-refractivity contribution in [1.29, 1.82) is 0 Å². The molecular weight excluding hydrogens is 346 g/mol. The average Bonchev–Trinajstić information content (AvgIpc) is 3.07. The molecule has 0 radical (unpaired) electrons. The van der Waals surface area contributed by atoms with Crippen molar-refractivity contribution in [3.05, 3.63) is 38.4 Å². The number of amides is 3. The molecule has 8 heteroatoms. The van der Waals surface area contributed by atoms with Crippen LogP contribution >= 0.6 is 22.7 Å². The fourth-order valence-corrected chi connectivity index (χ4v) is 4.02. The van der Waals surface area contributed by atoms with Gasteiger partial charge in [0.1, 0.15) is 11.5 Å². The van der Waals surface area contributed by atoms with Gasteiger partial charge < -0.3 is 16.0 Å². The third-order valence-corrected chi connectivity index (χ3v) is 5.58. The lowest BCUT2D eigenvalue weighted by Gasteiger charge is -2.19. The van der Waals surface area contributed by atoms with Gasteiger partial charge in [0.2, 0.25) is 11.8 Å². The maximum absolute atomic E-state index is 12.3. The summed E-state index contributed by atoms with van der Waals surface area (Å²) in [7, 11) is 0. The zero-order chi connectivity index (χ0) is 17.9. The zero-order valence-corrected chi connectivity index (χ0v) is 15.3. The SMILES string of the molecule is CC(=O)N(CC(=O)Nc1sc(C)c(C)c1C(N)=O)Cc1cccs1. The topological polar surface area (TPSA) is 92.5 Å². The van der Waals surface area contributed by atoms with Gasteiger partial charge in [-0.2, -0.15) is 0 Å². The summed E-state index contributed by atoms with van der Waals surface area (Å²) in [6.07, 6.45) is 0. The van der Waals surface area contributed by atoms with Crippen LogP contribution in [0.4, 0.5) is 5.00 Å².